The van der Waals surface area contributed by atoms with Crippen LogP contribution in [0.1, 0.15) is 37.7 Å². The van der Waals surface area contributed by atoms with Crippen molar-refractivity contribution in [1.82, 2.24) is 0 Å². The maximum atomic E-state index is 10.4. The average molecular weight is 415 g/mol. The normalized spacial score (nSPS) is 34.7. The van der Waals surface area contributed by atoms with Crippen molar-refractivity contribution < 1.29 is 14.7 Å². The van der Waals surface area contributed by atoms with Crippen molar-refractivity contribution in [3.8, 4) is 0 Å². The molecule has 120 valence electrons. The lowest BCUT2D eigenvalue weighted by Crippen LogP contribution is -2.42. The Morgan fingerprint density at radius 1 is 1.36 bits per heavy atom. The van der Waals surface area contributed by atoms with Crippen LogP contribution in [0, 0.1) is 9.49 Å². The molecular weight excluding hydrogens is 393 g/mol. The van der Waals surface area contributed by atoms with E-state index in [2.05, 4.69) is 58.9 Å². The zero-order valence-electron chi connectivity index (χ0n) is 12.9. The minimum Gasteiger partial charge on any atom is -0.399 e. The molecule has 2 fully saturated rings. The molecule has 2 saturated heterocycles. The van der Waals surface area contributed by atoms with Crippen molar-refractivity contribution in [2.75, 3.05) is 7.11 Å². The van der Waals surface area contributed by atoms with Crippen molar-refractivity contribution in [1.29, 1.82) is 0 Å². The van der Waals surface area contributed by atoms with Gasteiger partial charge in [0.25, 0.3) is 0 Å². The van der Waals surface area contributed by atoms with Crippen LogP contribution in [-0.4, -0.2) is 36.2 Å². The standard InChI is InChI=1S/C17H22INO3/c1-3-14(19-21-2)16-13(10-4-6-11(18)7-5-10)8-12-9-15(20)17(16)22-12/h4-7,12-13,15-17,20H,3,8-9H2,1-2H3/t12?,13-,15?,16+,17-/m0/s1. The second-order valence-electron chi connectivity index (χ2n) is 6.06. The van der Waals surface area contributed by atoms with E-state index in [0.29, 0.717) is 5.92 Å². The SMILES string of the molecule is CCC(=NOC)[C@H]1[C@H](c2ccc(I)cc2)CC2CC(O)[C@@H]1O2. The summed E-state index contributed by atoms with van der Waals surface area (Å²) in [6, 6.07) is 8.66. The van der Waals surface area contributed by atoms with Gasteiger partial charge >= 0.3 is 0 Å². The van der Waals surface area contributed by atoms with Gasteiger partial charge in [-0.25, -0.2) is 0 Å². The number of benzene rings is 1. The highest BCUT2D eigenvalue weighted by molar-refractivity contribution is 14.1. The summed E-state index contributed by atoms with van der Waals surface area (Å²) < 4.78 is 7.27. The third kappa shape index (κ3) is 3.03. The third-order valence-corrected chi connectivity index (χ3v) is 5.51. The molecule has 22 heavy (non-hydrogen) atoms. The van der Waals surface area contributed by atoms with E-state index in [1.165, 1.54) is 9.13 Å². The van der Waals surface area contributed by atoms with Gasteiger partial charge in [0, 0.05) is 15.9 Å². The zero-order valence-corrected chi connectivity index (χ0v) is 15.1. The largest absolute Gasteiger partial charge is 0.399 e. The Balaban J connectivity index is 1.98. The molecule has 1 aromatic rings. The Morgan fingerprint density at radius 2 is 2.09 bits per heavy atom. The first kappa shape index (κ1) is 16.2. The summed E-state index contributed by atoms with van der Waals surface area (Å²) in [7, 11) is 1.58. The van der Waals surface area contributed by atoms with Gasteiger partial charge in [-0.15, -0.1) is 0 Å². The fraction of sp³-hybridized carbons (Fsp3) is 0.588. The third-order valence-electron chi connectivity index (χ3n) is 4.79. The summed E-state index contributed by atoms with van der Waals surface area (Å²) in [6.45, 7) is 2.08. The predicted octanol–water partition coefficient (Wildman–Crippen LogP) is 3.33. The summed E-state index contributed by atoms with van der Waals surface area (Å²) in [5.41, 5.74) is 2.28. The van der Waals surface area contributed by atoms with Crippen molar-refractivity contribution in [3.05, 3.63) is 33.4 Å². The van der Waals surface area contributed by atoms with E-state index >= 15 is 0 Å². The van der Waals surface area contributed by atoms with E-state index < -0.39 is 6.10 Å². The highest BCUT2D eigenvalue weighted by atomic mass is 127. The molecule has 5 heteroatoms. The minimum atomic E-state index is -0.405. The highest BCUT2D eigenvalue weighted by Crippen LogP contribution is 2.46. The van der Waals surface area contributed by atoms with Crippen molar-refractivity contribution >= 4 is 28.3 Å². The van der Waals surface area contributed by atoms with E-state index in [0.717, 1.165) is 25.0 Å². The van der Waals surface area contributed by atoms with Gasteiger partial charge in [0.2, 0.25) is 0 Å². The molecule has 2 heterocycles. The second kappa shape index (κ2) is 6.84. The fourth-order valence-electron chi connectivity index (χ4n) is 3.86. The lowest BCUT2D eigenvalue weighted by atomic mass is 9.75. The first-order valence-corrected chi connectivity index (χ1v) is 8.90. The average Bonchev–Trinajstić information content (AvgIpc) is 2.81. The van der Waals surface area contributed by atoms with E-state index in [1.54, 1.807) is 7.11 Å². The number of aliphatic hydroxyl groups excluding tert-OH is 1. The Bertz CT molecular complexity index is 545. The van der Waals surface area contributed by atoms with Crippen LogP contribution in [-0.2, 0) is 9.57 Å². The molecule has 2 bridgehead atoms. The Morgan fingerprint density at radius 3 is 2.73 bits per heavy atom. The lowest BCUT2D eigenvalue weighted by Gasteiger charge is -2.38. The van der Waals surface area contributed by atoms with Gasteiger partial charge in [-0.05, 0) is 59.0 Å². The molecule has 0 radical (unpaired) electrons. The van der Waals surface area contributed by atoms with Gasteiger partial charge in [-0.2, -0.15) is 0 Å². The summed E-state index contributed by atoms with van der Waals surface area (Å²) >= 11 is 2.32. The van der Waals surface area contributed by atoms with Crippen LogP contribution in [0.25, 0.3) is 0 Å². The second-order valence-corrected chi connectivity index (χ2v) is 7.31. The molecule has 2 aliphatic heterocycles. The van der Waals surface area contributed by atoms with Crippen LogP contribution < -0.4 is 0 Å². The quantitative estimate of drug-likeness (QED) is 0.467. The Labute approximate surface area is 145 Å². The number of nitrogens with zero attached hydrogens (tertiary/aromatic N) is 1. The smallest absolute Gasteiger partial charge is 0.106 e. The Kier molecular flexibility index (Phi) is 5.04. The predicted molar refractivity (Wildman–Crippen MR) is 94.0 cm³/mol. The minimum absolute atomic E-state index is 0.0822. The molecular formula is C17H22INO3. The van der Waals surface area contributed by atoms with Gasteiger partial charge in [0.15, 0.2) is 0 Å². The number of halogens is 1. The topological polar surface area (TPSA) is 51.0 Å². The highest BCUT2D eigenvalue weighted by Gasteiger charge is 2.50. The first-order valence-electron chi connectivity index (χ1n) is 7.83. The molecule has 0 aromatic heterocycles. The molecule has 2 unspecified atom stereocenters. The molecule has 4 nitrogen and oxygen atoms in total. The van der Waals surface area contributed by atoms with Gasteiger partial charge in [0.1, 0.15) is 7.11 Å². The number of hydrogen-bond donors (Lipinski definition) is 1. The van der Waals surface area contributed by atoms with Crippen LogP contribution in [0.2, 0.25) is 0 Å². The number of hydrogen-bond acceptors (Lipinski definition) is 4. The lowest BCUT2D eigenvalue weighted by molar-refractivity contribution is -0.0509. The monoisotopic (exact) mass is 415 g/mol. The van der Waals surface area contributed by atoms with E-state index in [9.17, 15) is 5.11 Å². The molecule has 0 amide bonds. The summed E-state index contributed by atoms with van der Waals surface area (Å²) in [4.78, 5) is 5.04. The molecule has 5 atom stereocenters. The molecule has 0 spiro atoms. The van der Waals surface area contributed by atoms with Crippen LogP contribution in [0.3, 0.4) is 0 Å². The van der Waals surface area contributed by atoms with E-state index in [-0.39, 0.29) is 18.1 Å². The van der Waals surface area contributed by atoms with Crippen molar-refractivity contribution in [2.24, 2.45) is 11.1 Å². The molecule has 1 N–H and O–H groups in total. The number of rotatable bonds is 4. The number of fused-ring (bicyclic) bond motifs is 2. The van der Waals surface area contributed by atoms with Crippen LogP contribution >= 0.6 is 22.6 Å². The molecule has 2 aliphatic rings. The van der Waals surface area contributed by atoms with Crippen LogP contribution in [0.4, 0.5) is 0 Å². The van der Waals surface area contributed by atoms with Crippen molar-refractivity contribution in [2.45, 2.75) is 50.4 Å². The van der Waals surface area contributed by atoms with Gasteiger partial charge < -0.3 is 14.7 Å². The van der Waals surface area contributed by atoms with E-state index in [1.807, 2.05) is 0 Å². The van der Waals surface area contributed by atoms with Gasteiger partial charge in [0.05, 0.1) is 24.0 Å². The first-order chi connectivity index (χ1) is 10.6. The summed E-state index contributed by atoms with van der Waals surface area (Å²) in [5, 5.41) is 14.6. The van der Waals surface area contributed by atoms with Gasteiger partial charge in [-0.3, -0.25) is 0 Å². The molecule has 1 aromatic carbocycles. The number of ether oxygens (including phenoxy) is 1. The van der Waals surface area contributed by atoms with Crippen LogP contribution in [0.5, 0.6) is 0 Å². The molecule has 3 rings (SSSR count). The zero-order chi connectivity index (χ0) is 15.7. The summed E-state index contributed by atoms with van der Waals surface area (Å²) in [6.07, 6.45) is 2.04. The van der Waals surface area contributed by atoms with Crippen molar-refractivity contribution in [3.63, 3.8) is 0 Å². The maximum Gasteiger partial charge on any atom is 0.106 e. The van der Waals surface area contributed by atoms with Crippen LogP contribution in [0.15, 0.2) is 29.4 Å². The Hall–Kier alpha value is -0.660. The maximum absolute atomic E-state index is 10.4. The van der Waals surface area contributed by atoms with Gasteiger partial charge in [-0.1, -0.05) is 24.2 Å². The molecule has 0 saturated carbocycles. The number of oxime groups is 1. The molecule has 0 aliphatic carbocycles. The number of aliphatic hydroxyl groups is 1. The fourth-order valence-corrected chi connectivity index (χ4v) is 4.22. The van der Waals surface area contributed by atoms with E-state index in [4.69, 9.17) is 9.57 Å². The summed E-state index contributed by atoms with van der Waals surface area (Å²) in [5.74, 6) is 0.408.